The number of para-hydroxylation sites is 1. The number of hydrogen-bond acceptors (Lipinski definition) is 3. The van der Waals surface area contributed by atoms with Crippen LogP contribution in [-0.4, -0.2) is 15.5 Å². The maximum Gasteiger partial charge on any atom is 0.265 e. The number of anilines is 1. The minimum absolute atomic E-state index is 0.122. The highest BCUT2D eigenvalue weighted by Gasteiger charge is 2.12. The zero-order valence-corrected chi connectivity index (χ0v) is 16.7. The van der Waals surface area contributed by atoms with E-state index in [1.54, 1.807) is 54.0 Å². The molecule has 0 aliphatic rings. The molecule has 3 aromatic carbocycles. The minimum Gasteiger partial charge on any atom is -0.322 e. The molecule has 0 saturated heterocycles. The van der Waals surface area contributed by atoms with Crippen molar-refractivity contribution in [3.05, 3.63) is 99.1 Å². The summed E-state index contributed by atoms with van der Waals surface area (Å²) in [6.07, 6.45) is 0. The number of rotatable bonds is 3. The minimum atomic E-state index is -0.246. The summed E-state index contributed by atoms with van der Waals surface area (Å²) in [6.45, 7) is 3.68. The number of nitrogens with zero attached hydrogens (tertiary/aromatic N) is 2. The molecule has 0 atom stereocenters. The van der Waals surface area contributed by atoms with Gasteiger partial charge < -0.3 is 5.32 Å². The highest BCUT2D eigenvalue weighted by molar-refractivity contribution is 6.31. The predicted molar refractivity (Wildman–Crippen MR) is 116 cm³/mol. The highest BCUT2D eigenvalue weighted by atomic mass is 35.5. The van der Waals surface area contributed by atoms with Crippen LogP contribution in [0.2, 0.25) is 5.02 Å². The van der Waals surface area contributed by atoms with Crippen LogP contribution in [0.5, 0.6) is 0 Å². The molecule has 0 saturated carbocycles. The van der Waals surface area contributed by atoms with Crippen LogP contribution in [0, 0.1) is 13.8 Å². The lowest BCUT2D eigenvalue weighted by Gasteiger charge is -2.14. The van der Waals surface area contributed by atoms with E-state index in [4.69, 9.17) is 11.6 Å². The van der Waals surface area contributed by atoms with Gasteiger partial charge in [0, 0.05) is 16.3 Å². The average molecular weight is 404 g/mol. The molecule has 6 heteroatoms. The van der Waals surface area contributed by atoms with E-state index in [0.717, 1.165) is 5.56 Å². The summed E-state index contributed by atoms with van der Waals surface area (Å²) >= 11 is 5.96. The van der Waals surface area contributed by atoms with E-state index in [9.17, 15) is 9.59 Å². The molecule has 29 heavy (non-hydrogen) atoms. The highest BCUT2D eigenvalue weighted by Crippen LogP contribution is 2.21. The fourth-order valence-electron chi connectivity index (χ4n) is 3.30. The number of benzene rings is 3. The third-order valence-corrected chi connectivity index (χ3v) is 4.98. The Labute approximate surface area is 172 Å². The fourth-order valence-corrected chi connectivity index (χ4v) is 3.49. The molecule has 1 heterocycles. The summed E-state index contributed by atoms with van der Waals surface area (Å²) in [5.74, 6) is 0.355. The van der Waals surface area contributed by atoms with Gasteiger partial charge in [-0.2, -0.15) is 0 Å². The maximum atomic E-state index is 13.0. The third-order valence-electron chi connectivity index (χ3n) is 4.75. The number of aromatic nitrogens is 2. The second kappa shape index (κ2) is 7.53. The SMILES string of the molecule is Cc1cc(-n2c(C)nc3ccccc3c2=O)ccc1NC(=O)c1cccc(Cl)c1. The van der Waals surface area contributed by atoms with Gasteiger partial charge in [-0.15, -0.1) is 0 Å². The lowest BCUT2D eigenvalue weighted by atomic mass is 10.1. The zero-order chi connectivity index (χ0) is 20.5. The second-order valence-electron chi connectivity index (χ2n) is 6.78. The van der Waals surface area contributed by atoms with Crippen LogP contribution in [0.25, 0.3) is 16.6 Å². The van der Waals surface area contributed by atoms with Gasteiger partial charge in [-0.25, -0.2) is 4.98 Å². The van der Waals surface area contributed by atoms with Crippen molar-refractivity contribution in [3.63, 3.8) is 0 Å². The van der Waals surface area contributed by atoms with Crippen molar-refractivity contribution >= 4 is 34.1 Å². The topological polar surface area (TPSA) is 64.0 Å². The van der Waals surface area contributed by atoms with Gasteiger partial charge in [-0.3, -0.25) is 14.2 Å². The second-order valence-corrected chi connectivity index (χ2v) is 7.22. The van der Waals surface area contributed by atoms with E-state index in [0.29, 0.717) is 38.7 Å². The molecule has 0 aliphatic carbocycles. The largest absolute Gasteiger partial charge is 0.322 e. The quantitative estimate of drug-likeness (QED) is 0.528. The van der Waals surface area contributed by atoms with Crippen LogP contribution in [0.3, 0.4) is 0 Å². The summed E-state index contributed by atoms with van der Waals surface area (Å²) in [5, 5.41) is 3.96. The molecule has 4 rings (SSSR count). The van der Waals surface area contributed by atoms with Gasteiger partial charge >= 0.3 is 0 Å². The average Bonchev–Trinajstić information content (AvgIpc) is 2.70. The van der Waals surface area contributed by atoms with Gasteiger partial charge in [0.2, 0.25) is 0 Å². The first kappa shape index (κ1) is 18.9. The number of carbonyl (C=O) groups excluding carboxylic acids is 1. The first-order valence-electron chi connectivity index (χ1n) is 9.10. The molecule has 1 amide bonds. The number of amides is 1. The van der Waals surface area contributed by atoms with Crippen molar-refractivity contribution in [1.29, 1.82) is 0 Å². The Morgan fingerprint density at radius 3 is 2.55 bits per heavy atom. The summed E-state index contributed by atoms with van der Waals surface area (Å²) in [7, 11) is 0. The van der Waals surface area contributed by atoms with Crippen molar-refractivity contribution in [1.82, 2.24) is 9.55 Å². The van der Waals surface area contributed by atoms with Crippen LogP contribution in [0.4, 0.5) is 5.69 Å². The molecule has 0 fully saturated rings. The first-order chi connectivity index (χ1) is 13.9. The Bertz CT molecular complexity index is 1310. The molecule has 0 bridgehead atoms. The molecule has 1 aromatic heterocycles. The smallest absolute Gasteiger partial charge is 0.265 e. The number of fused-ring (bicyclic) bond motifs is 1. The Kier molecular flexibility index (Phi) is 4.91. The fraction of sp³-hybridized carbons (Fsp3) is 0.0870. The molecule has 0 aliphatic heterocycles. The van der Waals surface area contributed by atoms with E-state index >= 15 is 0 Å². The van der Waals surface area contributed by atoms with Crippen molar-refractivity contribution in [2.75, 3.05) is 5.32 Å². The summed E-state index contributed by atoms with van der Waals surface area (Å²) < 4.78 is 1.58. The summed E-state index contributed by atoms with van der Waals surface area (Å²) in [6, 6.07) is 19.5. The molecule has 5 nitrogen and oxygen atoms in total. The number of carbonyl (C=O) groups is 1. The molecular formula is C23H18ClN3O2. The molecule has 1 N–H and O–H groups in total. The van der Waals surface area contributed by atoms with Crippen molar-refractivity contribution in [2.24, 2.45) is 0 Å². The van der Waals surface area contributed by atoms with Crippen LogP contribution >= 0.6 is 11.6 Å². The van der Waals surface area contributed by atoms with Crippen molar-refractivity contribution in [2.45, 2.75) is 13.8 Å². The van der Waals surface area contributed by atoms with Gasteiger partial charge in [-0.1, -0.05) is 29.8 Å². The summed E-state index contributed by atoms with van der Waals surface area (Å²) in [5.41, 5.74) is 3.22. The molecule has 4 aromatic rings. The molecule has 144 valence electrons. The standard InChI is InChI=1S/C23H18ClN3O2/c1-14-12-18(27-15(2)25-21-9-4-3-8-19(21)23(27)29)10-11-20(14)26-22(28)16-6-5-7-17(24)13-16/h3-13H,1-2H3,(H,26,28). The Balaban J connectivity index is 1.70. The van der Waals surface area contributed by atoms with Crippen LogP contribution in [0.1, 0.15) is 21.7 Å². The molecule has 0 spiro atoms. The van der Waals surface area contributed by atoms with E-state index < -0.39 is 0 Å². The Morgan fingerprint density at radius 2 is 1.79 bits per heavy atom. The molecular weight excluding hydrogens is 386 g/mol. The monoisotopic (exact) mass is 403 g/mol. The maximum absolute atomic E-state index is 13.0. The normalized spacial score (nSPS) is 10.9. The van der Waals surface area contributed by atoms with E-state index in [2.05, 4.69) is 10.3 Å². The van der Waals surface area contributed by atoms with Crippen LogP contribution in [-0.2, 0) is 0 Å². The van der Waals surface area contributed by atoms with E-state index in [1.807, 2.05) is 31.2 Å². The van der Waals surface area contributed by atoms with Gasteiger partial charge in [0.25, 0.3) is 11.5 Å². The lowest BCUT2D eigenvalue weighted by Crippen LogP contribution is -2.22. The number of hydrogen-bond donors (Lipinski definition) is 1. The van der Waals surface area contributed by atoms with Gasteiger partial charge in [0.15, 0.2) is 0 Å². The Hall–Kier alpha value is -3.44. The van der Waals surface area contributed by atoms with E-state index in [-0.39, 0.29) is 11.5 Å². The molecule has 0 unspecified atom stereocenters. The van der Waals surface area contributed by atoms with Gasteiger partial charge in [-0.05, 0) is 67.9 Å². The number of aryl methyl sites for hydroxylation is 2. The summed E-state index contributed by atoms with van der Waals surface area (Å²) in [4.78, 5) is 30.0. The Morgan fingerprint density at radius 1 is 1.00 bits per heavy atom. The van der Waals surface area contributed by atoms with Crippen LogP contribution in [0.15, 0.2) is 71.5 Å². The van der Waals surface area contributed by atoms with Crippen molar-refractivity contribution < 1.29 is 4.79 Å². The van der Waals surface area contributed by atoms with Gasteiger partial charge in [0.05, 0.1) is 16.6 Å². The third kappa shape index (κ3) is 3.65. The lowest BCUT2D eigenvalue weighted by molar-refractivity contribution is 0.102. The van der Waals surface area contributed by atoms with Crippen LogP contribution < -0.4 is 10.9 Å². The predicted octanol–water partition coefficient (Wildman–Crippen LogP) is 4.91. The zero-order valence-electron chi connectivity index (χ0n) is 15.9. The molecule has 0 radical (unpaired) electrons. The number of halogens is 1. The number of nitrogens with one attached hydrogen (secondary N) is 1. The van der Waals surface area contributed by atoms with Gasteiger partial charge in [0.1, 0.15) is 5.82 Å². The van der Waals surface area contributed by atoms with Crippen molar-refractivity contribution in [3.8, 4) is 5.69 Å². The van der Waals surface area contributed by atoms with E-state index in [1.165, 1.54) is 0 Å². The first-order valence-corrected chi connectivity index (χ1v) is 9.48.